The third-order valence-corrected chi connectivity index (χ3v) is 11.4. The average Bonchev–Trinajstić information content (AvgIpc) is 3.31. The Hall–Kier alpha value is -2.84. The van der Waals surface area contributed by atoms with Gasteiger partial charge >= 0.3 is 0 Å². The predicted octanol–water partition coefficient (Wildman–Crippen LogP) is 3.19. The largest absolute Gasteiger partial charge is 0.291 e. The molecule has 1 aliphatic heterocycles. The van der Waals surface area contributed by atoms with Crippen LogP contribution in [0, 0.1) is 11.3 Å². The first kappa shape index (κ1) is 27.7. The summed E-state index contributed by atoms with van der Waals surface area (Å²) in [5, 5.41) is 20.6. The summed E-state index contributed by atoms with van der Waals surface area (Å²) >= 11 is 0.649. The Labute approximate surface area is 228 Å². The van der Waals surface area contributed by atoms with Crippen molar-refractivity contribution in [3.05, 3.63) is 28.8 Å². The van der Waals surface area contributed by atoms with Gasteiger partial charge in [-0.3, -0.25) is 4.68 Å². The third kappa shape index (κ3) is 4.97. The van der Waals surface area contributed by atoms with E-state index in [1.807, 2.05) is 12.1 Å². The fourth-order valence-corrected chi connectivity index (χ4v) is 7.87. The predicted molar refractivity (Wildman–Crippen MR) is 141 cm³/mol. The Bertz CT molecular complexity index is 1750. The number of hydrogen-bond acceptors (Lipinski definition) is 9. The molecule has 11 nitrogen and oxygen atoms in total. The molecule has 0 saturated heterocycles. The van der Waals surface area contributed by atoms with Gasteiger partial charge in [-0.05, 0) is 50.8 Å². The fourth-order valence-electron chi connectivity index (χ4n) is 4.47. The lowest BCUT2D eigenvalue weighted by atomic mass is 9.99. The van der Waals surface area contributed by atoms with Gasteiger partial charge < -0.3 is 0 Å². The van der Waals surface area contributed by atoms with Gasteiger partial charge in [0.2, 0.25) is 20.0 Å². The zero-order valence-corrected chi connectivity index (χ0v) is 23.7. The topological polar surface area (TPSA) is 151 Å². The Morgan fingerprint density at radius 1 is 1.18 bits per heavy atom. The number of aromatic nitrogens is 4. The summed E-state index contributed by atoms with van der Waals surface area (Å²) < 4.78 is 84.6. The molecule has 0 radical (unpaired) electrons. The Morgan fingerprint density at radius 2 is 1.90 bits per heavy atom. The van der Waals surface area contributed by atoms with Crippen LogP contribution in [0.3, 0.4) is 0 Å². The quantitative estimate of drug-likeness (QED) is 0.416. The van der Waals surface area contributed by atoms with Gasteiger partial charge in [-0.25, -0.2) is 25.6 Å². The highest BCUT2D eigenvalue weighted by Gasteiger charge is 2.47. The van der Waals surface area contributed by atoms with Gasteiger partial charge in [0, 0.05) is 31.1 Å². The first-order chi connectivity index (χ1) is 18.3. The average molecular weight is 598 g/mol. The molecule has 39 heavy (non-hydrogen) atoms. The van der Waals surface area contributed by atoms with Crippen LogP contribution in [-0.2, 0) is 27.1 Å². The fraction of sp³-hybridized carbons (Fsp3) is 0.478. The highest BCUT2D eigenvalue weighted by molar-refractivity contribution is 7.90. The Morgan fingerprint density at radius 3 is 2.49 bits per heavy atom. The minimum absolute atomic E-state index is 0.0174. The minimum atomic E-state index is -4.19. The van der Waals surface area contributed by atoms with Crippen molar-refractivity contribution >= 4 is 47.9 Å². The highest BCUT2D eigenvalue weighted by Crippen LogP contribution is 2.40. The van der Waals surface area contributed by atoms with E-state index in [-0.39, 0.29) is 28.7 Å². The molecule has 3 aromatic rings. The maximum absolute atomic E-state index is 13.4. The second kappa shape index (κ2) is 9.66. The number of fused-ring (bicyclic) bond motifs is 1. The maximum atomic E-state index is 13.4. The monoisotopic (exact) mass is 597 g/mol. The molecule has 1 N–H and O–H groups in total. The Balaban J connectivity index is 1.71. The van der Waals surface area contributed by atoms with Crippen LogP contribution >= 0.6 is 11.3 Å². The van der Waals surface area contributed by atoms with Crippen molar-refractivity contribution in [2.24, 2.45) is 7.05 Å². The van der Waals surface area contributed by atoms with Crippen molar-refractivity contribution in [1.29, 1.82) is 5.26 Å². The van der Waals surface area contributed by atoms with E-state index in [9.17, 15) is 30.9 Å². The number of rotatable bonds is 8. The van der Waals surface area contributed by atoms with Gasteiger partial charge in [0.1, 0.15) is 11.2 Å². The van der Waals surface area contributed by atoms with Gasteiger partial charge in [0.05, 0.1) is 21.7 Å². The summed E-state index contributed by atoms with van der Waals surface area (Å²) in [4.78, 5) is -0.163. The van der Waals surface area contributed by atoms with Crippen LogP contribution < -0.4 is 4.72 Å². The van der Waals surface area contributed by atoms with Crippen LogP contribution in [0.2, 0.25) is 0 Å². The van der Waals surface area contributed by atoms with E-state index in [1.165, 1.54) is 21.1 Å². The van der Waals surface area contributed by atoms with Crippen molar-refractivity contribution in [3.63, 3.8) is 0 Å². The molecule has 2 aromatic heterocycles. The van der Waals surface area contributed by atoms with Gasteiger partial charge in [0.15, 0.2) is 10.0 Å². The number of halogens is 2. The summed E-state index contributed by atoms with van der Waals surface area (Å²) in [6.45, 7) is 3.49. The molecular formula is C23H25F2N7O4S3. The highest BCUT2D eigenvalue weighted by atomic mass is 32.2. The van der Waals surface area contributed by atoms with Crippen molar-refractivity contribution in [1.82, 2.24) is 29.0 Å². The molecule has 0 spiro atoms. The lowest BCUT2D eigenvalue weighted by molar-refractivity contribution is 0.150. The van der Waals surface area contributed by atoms with E-state index in [0.717, 1.165) is 0 Å². The molecular weight excluding hydrogens is 572 g/mol. The van der Waals surface area contributed by atoms with Crippen molar-refractivity contribution < 1.29 is 25.6 Å². The number of sulfonamides is 2. The first-order valence-electron chi connectivity index (χ1n) is 12.0. The number of nitriles is 1. The second-order valence-electron chi connectivity index (χ2n) is 9.83. The zero-order valence-electron chi connectivity index (χ0n) is 21.2. The van der Waals surface area contributed by atoms with E-state index >= 15 is 0 Å². The zero-order chi connectivity index (χ0) is 28.3. The molecule has 0 bridgehead atoms. The molecule has 1 fully saturated rings. The van der Waals surface area contributed by atoms with Crippen LogP contribution in [0.15, 0.2) is 23.1 Å². The number of hydrogen-bond donors (Lipinski definition) is 1. The first-order valence-corrected chi connectivity index (χ1v) is 15.8. The standard InChI is InChI=1S/C23H25F2N7O4S3/c1-13(2)39(35,36)32-8-4-5-14(11-32)16-9-15(38(33,34)30-23(12-26)6-7-23)10-17-18(29-31(3)19(16)17)21-27-28-22(37-21)20(24)25/h5,9-10,13,20,30H,4,6-8,11H2,1-3H3. The number of nitrogens with one attached hydrogen (secondary N) is 1. The van der Waals surface area contributed by atoms with E-state index < -0.39 is 42.3 Å². The van der Waals surface area contributed by atoms with Crippen LogP contribution in [-0.4, -0.2) is 65.0 Å². The van der Waals surface area contributed by atoms with E-state index in [1.54, 1.807) is 20.9 Å². The SMILES string of the molecule is CC(C)S(=O)(=O)N1CCC=C(c2cc(S(=O)(=O)NC3(C#N)CC3)cc3c(-c4nnc(C(F)F)s4)nn(C)c23)C1. The smallest absolute Gasteiger partial charge is 0.267 e. The lowest BCUT2D eigenvalue weighted by Gasteiger charge is -2.29. The molecule has 1 aromatic carbocycles. The van der Waals surface area contributed by atoms with E-state index in [4.69, 9.17) is 0 Å². The molecule has 5 rings (SSSR count). The van der Waals surface area contributed by atoms with Gasteiger partial charge in [-0.15, -0.1) is 10.2 Å². The van der Waals surface area contributed by atoms with Gasteiger partial charge in [-0.2, -0.15) is 19.4 Å². The molecule has 208 valence electrons. The molecule has 16 heteroatoms. The van der Waals surface area contributed by atoms with Gasteiger partial charge in [0.25, 0.3) is 6.43 Å². The van der Waals surface area contributed by atoms with Crippen LogP contribution in [0.5, 0.6) is 0 Å². The van der Waals surface area contributed by atoms with Crippen LogP contribution in [0.1, 0.15) is 50.1 Å². The number of aryl methyl sites for hydroxylation is 1. The maximum Gasteiger partial charge on any atom is 0.291 e. The summed E-state index contributed by atoms with van der Waals surface area (Å²) in [5.41, 5.74) is 0.477. The number of nitrogens with zero attached hydrogens (tertiary/aromatic N) is 6. The van der Waals surface area contributed by atoms with E-state index in [2.05, 4.69) is 20.0 Å². The summed E-state index contributed by atoms with van der Waals surface area (Å²) in [6.07, 6.45) is 0.196. The molecule has 2 aliphatic rings. The molecule has 0 atom stereocenters. The molecule has 3 heterocycles. The third-order valence-electron chi connectivity index (χ3n) is 6.76. The van der Waals surface area contributed by atoms with Crippen LogP contribution in [0.4, 0.5) is 8.78 Å². The number of benzene rings is 1. The van der Waals surface area contributed by atoms with E-state index in [0.29, 0.717) is 52.6 Å². The minimum Gasteiger partial charge on any atom is -0.267 e. The number of alkyl halides is 2. The molecule has 0 unspecified atom stereocenters. The summed E-state index contributed by atoms with van der Waals surface area (Å²) in [6, 6.07) is 4.81. The molecule has 0 amide bonds. The van der Waals surface area contributed by atoms with Crippen molar-refractivity contribution in [2.75, 3.05) is 13.1 Å². The summed E-state index contributed by atoms with van der Waals surface area (Å²) in [7, 11) is -6.16. The summed E-state index contributed by atoms with van der Waals surface area (Å²) in [5.74, 6) is 0. The normalized spacial score (nSPS) is 18.1. The van der Waals surface area contributed by atoms with Crippen LogP contribution in [0.25, 0.3) is 27.2 Å². The van der Waals surface area contributed by atoms with Crippen molar-refractivity contribution in [3.8, 4) is 16.8 Å². The Kier molecular flexibility index (Phi) is 6.87. The van der Waals surface area contributed by atoms with Gasteiger partial charge in [-0.1, -0.05) is 17.4 Å². The molecule has 1 aliphatic carbocycles. The van der Waals surface area contributed by atoms with Crippen molar-refractivity contribution in [2.45, 2.75) is 55.2 Å². The molecule has 1 saturated carbocycles. The second-order valence-corrected chi connectivity index (χ2v) is 15.0. The lowest BCUT2D eigenvalue weighted by Crippen LogP contribution is -2.39.